The number of amides is 1. The van der Waals surface area contributed by atoms with Crippen LogP contribution in [0.5, 0.6) is 5.75 Å². The number of carbonyl (C=O) groups is 1. The Bertz CT molecular complexity index is 1640. The number of rotatable bonds is 12. The smallest absolute Gasteiger partial charge is 0.233 e. The zero-order valence-electron chi connectivity index (χ0n) is 24.2. The summed E-state index contributed by atoms with van der Waals surface area (Å²) in [7, 11) is 0. The van der Waals surface area contributed by atoms with E-state index in [0.717, 1.165) is 28.0 Å². The van der Waals surface area contributed by atoms with Crippen LogP contribution in [0.2, 0.25) is 0 Å². The molecule has 0 radical (unpaired) electrons. The van der Waals surface area contributed by atoms with Crippen LogP contribution in [0.1, 0.15) is 47.2 Å². The van der Waals surface area contributed by atoms with Gasteiger partial charge in [-0.25, -0.2) is 8.78 Å². The standard InChI is InChI=1S/C38H33F2NO3/c39-31-15-11-29(12-16-31)36(44-26-28-9-5-2-6-10-28)24-23-35-37(41(38(35)42)33-19-17-32(40)18-20-33)30-13-21-34(22-14-30)43-25-27-7-3-1-4-8-27/h1-22,35-37H,23-26H2/t35-,36-,37?/m0/s1. The Morgan fingerprint density at radius 3 is 1.84 bits per heavy atom. The molecule has 44 heavy (non-hydrogen) atoms. The first-order valence-corrected chi connectivity index (χ1v) is 14.8. The second-order valence-corrected chi connectivity index (χ2v) is 11.0. The Hall–Kier alpha value is -4.81. The van der Waals surface area contributed by atoms with Crippen molar-refractivity contribution in [3.8, 4) is 5.75 Å². The summed E-state index contributed by atoms with van der Waals surface area (Å²) in [6.45, 7) is 0.858. The fourth-order valence-electron chi connectivity index (χ4n) is 5.73. The topological polar surface area (TPSA) is 38.8 Å². The van der Waals surface area contributed by atoms with Gasteiger partial charge in [-0.1, -0.05) is 84.9 Å². The van der Waals surface area contributed by atoms with Gasteiger partial charge in [0.1, 0.15) is 24.0 Å². The molecule has 1 saturated heterocycles. The van der Waals surface area contributed by atoms with Crippen LogP contribution in [0.25, 0.3) is 0 Å². The molecule has 1 unspecified atom stereocenters. The average Bonchev–Trinajstić information content (AvgIpc) is 3.06. The predicted octanol–water partition coefficient (Wildman–Crippen LogP) is 8.99. The maximum Gasteiger partial charge on any atom is 0.233 e. The molecule has 6 heteroatoms. The summed E-state index contributed by atoms with van der Waals surface area (Å²) in [4.78, 5) is 15.4. The van der Waals surface area contributed by atoms with Crippen LogP contribution in [0, 0.1) is 17.6 Å². The molecule has 0 saturated carbocycles. The van der Waals surface area contributed by atoms with Crippen molar-refractivity contribution in [2.75, 3.05) is 4.90 Å². The van der Waals surface area contributed by atoms with Gasteiger partial charge in [-0.05, 0) is 83.6 Å². The van der Waals surface area contributed by atoms with Crippen molar-refractivity contribution in [2.45, 2.75) is 38.2 Å². The molecular weight excluding hydrogens is 556 g/mol. The van der Waals surface area contributed by atoms with Crippen LogP contribution in [-0.2, 0) is 22.7 Å². The van der Waals surface area contributed by atoms with Crippen LogP contribution in [0.4, 0.5) is 14.5 Å². The van der Waals surface area contributed by atoms with Crippen LogP contribution in [-0.4, -0.2) is 5.91 Å². The van der Waals surface area contributed by atoms with E-state index in [4.69, 9.17) is 9.47 Å². The molecule has 1 heterocycles. The second-order valence-electron chi connectivity index (χ2n) is 11.0. The first-order chi connectivity index (χ1) is 21.5. The first-order valence-electron chi connectivity index (χ1n) is 14.8. The molecule has 0 spiro atoms. The minimum absolute atomic E-state index is 0.0214. The van der Waals surface area contributed by atoms with Gasteiger partial charge < -0.3 is 14.4 Å². The molecule has 4 nitrogen and oxygen atoms in total. The maximum absolute atomic E-state index is 13.7. The van der Waals surface area contributed by atoms with E-state index < -0.39 is 0 Å². The zero-order chi connectivity index (χ0) is 30.3. The number of hydrogen-bond donors (Lipinski definition) is 0. The van der Waals surface area contributed by atoms with Crippen LogP contribution in [0.15, 0.2) is 133 Å². The molecule has 5 aromatic carbocycles. The lowest BCUT2D eigenvalue weighted by atomic mass is 9.78. The molecule has 6 rings (SSSR count). The van der Waals surface area contributed by atoms with Gasteiger partial charge in [0.15, 0.2) is 0 Å². The summed E-state index contributed by atoms with van der Waals surface area (Å²) in [6.07, 6.45) is 0.809. The third kappa shape index (κ3) is 6.87. The van der Waals surface area contributed by atoms with Gasteiger partial charge in [0.05, 0.1) is 24.7 Å². The molecule has 0 aliphatic carbocycles. The van der Waals surface area contributed by atoms with Gasteiger partial charge in [0, 0.05) is 5.69 Å². The van der Waals surface area contributed by atoms with Gasteiger partial charge in [-0.3, -0.25) is 4.79 Å². The highest BCUT2D eigenvalue weighted by atomic mass is 19.1. The minimum Gasteiger partial charge on any atom is -0.489 e. The summed E-state index contributed by atoms with van der Waals surface area (Å²) >= 11 is 0. The second kappa shape index (κ2) is 13.7. The van der Waals surface area contributed by atoms with Crippen LogP contribution >= 0.6 is 0 Å². The largest absolute Gasteiger partial charge is 0.489 e. The molecule has 0 aromatic heterocycles. The van der Waals surface area contributed by atoms with Crippen molar-refractivity contribution in [3.05, 3.63) is 167 Å². The van der Waals surface area contributed by atoms with E-state index in [9.17, 15) is 13.6 Å². The number of ether oxygens (including phenoxy) is 2. The monoisotopic (exact) mass is 589 g/mol. The molecule has 1 fully saturated rings. The van der Waals surface area contributed by atoms with E-state index in [1.807, 2.05) is 84.9 Å². The van der Waals surface area contributed by atoms with Gasteiger partial charge in [-0.15, -0.1) is 0 Å². The first kappa shape index (κ1) is 29.3. The molecule has 1 aliphatic rings. The lowest BCUT2D eigenvalue weighted by Gasteiger charge is -2.48. The SMILES string of the molecule is O=C1[C@@H](CC[C@H](OCc2ccccc2)c2ccc(F)cc2)C(c2ccc(OCc3ccccc3)cc2)N1c1ccc(F)cc1. The molecule has 222 valence electrons. The minimum atomic E-state index is -0.354. The van der Waals surface area contributed by atoms with Gasteiger partial charge in [0.2, 0.25) is 5.91 Å². The quantitative estimate of drug-likeness (QED) is 0.136. The Morgan fingerprint density at radius 1 is 0.659 bits per heavy atom. The normalized spacial score (nSPS) is 16.8. The van der Waals surface area contributed by atoms with Crippen molar-refractivity contribution < 1.29 is 23.0 Å². The van der Waals surface area contributed by atoms with Crippen molar-refractivity contribution in [3.63, 3.8) is 0 Å². The highest BCUT2D eigenvalue weighted by Crippen LogP contribution is 2.47. The van der Waals surface area contributed by atoms with Crippen molar-refractivity contribution in [2.24, 2.45) is 5.92 Å². The van der Waals surface area contributed by atoms with E-state index >= 15 is 0 Å². The number of nitrogens with zero attached hydrogens (tertiary/aromatic N) is 1. The van der Waals surface area contributed by atoms with Crippen molar-refractivity contribution in [1.29, 1.82) is 0 Å². The van der Waals surface area contributed by atoms with E-state index in [-0.39, 0.29) is 35.6 Å². The zero-order valence-corrected chi connectivity index (χ0v) is 24.2. The number of anilines is 1. The van der Waals surface area contributed by atoms with Crippen LogP contribution < -0.4 is 9.64 Å². The summed E-state index contributed by atoms with van der Waals surface area (Å²) in [6, 6.07) is 39.8. The van der Waals surface area contributed by atoms with Crippen molar-refractivity contribution >= 4 is 11.6 Å². The summed E-state index contributed by atoms with van der Waals surface area (Å²) in [5, 5.41) is 0. The Balaban J connectivity index is 1.21. The number of carbonyl (C=O) groups excluding carboxylic acids is 1. The van der Waals surface area contributed by atoms with Gasteiger partial charge in [0.25, 0.3) is 0 Å². The molecule has 5 aromatic rings. The summed E-state index contributed by atoms with van der Waals surface area (Å²) in [5.74, 6) is -0.256. The number of benzene rings is 5. The Kier molecular flexibility index (Phi) is 9.09. The van der Waals surface area contributed by atoms with E-state index in [1.165, 1.54) is 24.3 Å². The lowest BCUT2D eigenvalue weighted by Crippen LogP contribution is -2.55. The van der Waals surface area contributed by atoms with E-state index in [2.05, 4.69) is 0 Å². The number of β-lactam (4-membered cyclic amide) rings is 1. The molecule has 0 N–H and O–H groups in total. The third-order valence-electron chi connectivity index (χ3n) is 8.06. The predicted molar refractivity (Wildman–Crippen MR) is 167 cm³/mol. The molecular formula is C38H33F2NO3. The molecule has 0 bridgehead atoms. The van der Waals surface area contributed by atoms with E-state index in [1.54, 1.807) is 29.2 Å². The van der Waals surface area contributed by atoms with Gasteiger partial charge in [-0.2, -0.15) is 0 Å². The maximum atomic E-state index is 13.7. The highest BCUT2D eigenvalue weighted by molar-refractivity contribution is 6.03. The fraction of sp³-hybridized carbons (Fsp3) is 0.184. The third-order valence-corrected chi connectivity index (χ3v) is 8.06. The average molecular weight is 590 g/mol. The molecule has 1 amide bonds. The Morgan fingerprint density at radius 2 is 1.23 bits per heavy atom. The molecule has 3 atom stereocenters. The fourth-order valence-corrected chi connectivity index (χ4v) is 5.73. The Labute approximate surface area is 256 Å². The summed E-state index contributed by atoms with van der Waals surface area (Å²) in [5.41, 5.74) is 4.59. The van der Waals surface area contributed by atoms with E-state index in [0.29, 0.717) is 31.7 Å². The molecule has 1 aliphatic heterocycles. The number of hydrogen-bond acceptors (Lipinski definition) is 3. The van der Waals surface area contributed by atoms with Crippen LogP contribution in [0.3, 0.4) is 0 Å². The lowest BCUT2D eigenvalue weighted by molar-refractivity contribution is -0.131. The summed E-state index contributed by atoms with van der Waals surface area (Å²) < 4.78 is 39.8. The van der Waals surface area contributed by atoms with Crippen molar-refractivity contribution in [1.82, 2.24) is 0 Å². The number of halogens is 2. The van der Waals surface area contributed by atoms with Gasteiger partial charge >= 0.3 is 0 Å². The highest BCUT2D eigenvalue weighted by Gasteiger charge is 2.48.